The number of carbonyl (C=O) groups excluding carboxylic acids is 2. The highest BCUT2D eigenvalue weighted by Gasteiger charge is 2.26. The van der Waals surface area contributed by atoms with E-state index in [0.717, 1.165) is 24.1 Å². The first-order valence-corrected chi connectivity index (χ1v) is 9.42. The number of hydrogen-bond acceptors (Lipinski definition) is 7. The molecular weight excluding hydrogens is 372 g/mol. The lowest BCUT2D eigenvalue weighted by molar-refractivity contribution is -0.118. The van der Waals surface area contributed by atoms with E-state index in [4.69, 9.17) is 9.26 Å². The van der Waals surface area contributed by atoms with Crippen LogP contribution < -0.4 is 4.90 Å². The number of aryl methyl sites for hydroxylation is 1. The van der Waals surface area contributed by atoms with Crippen molar-refractivity contribution < 1.29 is 18.8 Å². The Hall–Kier alpha value is -3.55. The van der Waals surface area contributed by atoms with Crippen LogP contribution in [-0.2, 0) is 22.4 Å². The van der Waals surface area contributed by atoms with Crippen molar-refractivity contribution in [3.05, 3.63) is 59.6 Å². The Labute approximate surface area is 167 Å². The predicted molar refractivity (Wildman–Crippen MR) is 104 cm³/mol. The number of hydrogen-bond donors (Lipinski definition) is 0. The van der Waals surface area contributed by atoms with E-state index in [9.17, 15) is 9.59 Å². The highest BCUT2D eigenvalue weighted by molar-refractivity contribution is 5.98. The molecular formula is C21H20N4O4. The van der Waals surface area contributed by atoms with Gasteiger partial charge >= 0.3 is 5.97 Å². The van der Waals surface area contributed by atoms with E-state index in [2.05, 4.69) is 15.1 Å². The molecule has 0 spiro atoms. The summed E-state index contributed by atoms with van der Waals surface area (Å²) in [6.07, 6.45) is 3.75. The van der Waals surface area contributed by atoms with Gasteiger partial charge in [0.2, 0.25) is 17.6 Å². The van der Waals surface area contributed by atoms with Crippen LogP contribution in [0.3, 0.4) is 0 Å². The molecule has 0 fully saturated rings. The third kappa shape index (κ3) is 3.87. The van der Waals surface area contributed by atoms with E-state index in [1.807, 2.05) is 18.2 Å². The van der Waals surface area contributed by atoms with E-state index in [1.54, 1.807) is 29.3 Å². The summed E-state index contributed by atoms with van der Waals surface area (Å²) in [5, 5.41) is 3.93. The van der Waals surface area contributed by atoms with Crippen molar-refractivity contribution in [2.45, 2.75) is 25.7 Å². The summed E-state index contributed by atoms with van der Waals surface area (Å²) >= 11 is 0. The molecule has 8 heteroatoms. The van der Waals surface area contributed by atoms with Gasteiger partial charge in [-0.05, 0) is 42.7 Å². The number of ether oxygens (including phenoxy) is 1. The summed E-state index contributed by atoms with van der Waals surface area (Å²) in [6.45, 7) is 0.611. The molecule has 148 valence electrons. The molecule has 2 aromatic heterocycles. The number of anilines is 1. The van der Waals surface area contributed by atoms with Crippen LogP contribution in [0.2, 0.25) is 0 Å². The normalized spacial score (nSPS) is 13.1. The van der Waals surface area contributed by atoms with Crippen LogP contribution in [0.25, 0.3) is 11.5 Å². The lowest BCUT2D eigenvalue weighted by Gasteiger charge is -2.30. The van der Waals surface area contributed by atoms with Crippen LogP contribution in [0.4, 0.5) is 5.69 Å². The van der Waals surface area contributed by atoms with Crippen molar-refractivity contribution in [3.8, 4) is 11.5 Å². The number of carbonyl (C=O) groups is 2. The Morgan fingerprint density at radius 1 is 1.21 bits per heavy atom. The van der Waals surface area contributed by atoms with Gasteiger partial charge in [0.25, 0.3) is 0 Å². The Balaban J connectivity index is 1.47. The highest BCUT2D eigenvalue weighted by Crippen LogP contribution is 2.31. The quantitative estimate of drug-likeness (QED) is 0.616. The Kier molecular flexibility index (Phi) is 5.33. The average Bonchev–Trinajstić information content (AvgIpc) is 3.26. The van der Waals surface area contributed by atoms with Crippen molar-refractivity contribution in [2.24, 2.45) is 0 Å². The van der Waals surface area contributed by atoms with Crippen molar-refractivity contribution >= 4 is 17.6 Å². The molecule has 1 amide bonds. The zero-order valence-electron chi connectivity index (χ0n) is 16.0. The van der Waals surface area contributed by atoms with Crippen molar-refractivity contribution in [3.63, 3.8) is 0 Å². The summed E-state index contributed by atoms with van der Waals surface area (Å²) in [5.41, 5.74) is 2.76. The van der Waals surface area contributed by atoms with Gasteiger partial charge in [0, 0.05) is 31.3 Å². The lowest BCUT2D eigenvalue weighted by atomic mass is 9.96. The first kappa shape index (κ1) is 18.8. The lowest BCUT2D eigenvalue weighted by Crippen LogP contribution is -2.36. The summed E-state index contributed by atoms with van der Waals surface area (Å²) in [7, 11) is 1.36. The molecule has 29 heavy (non-hydrogen) atoms. The van der Waals surface area contributed by atoms with E-state index >= 15 is 0 Å². The zero-order chi connectivity index (χ0) is 20.2. The number of nitrogens with zero attached hydrogens (tertiary/aromatic N) is 4. The predicted octanol–water partition coefficient (Wildman–Crippen LogP) is 2.83. The molecule has 0 N–H and O–H groups in total. The van der Waals surface area contributed by atoms with Crippen molar-refractivity contribution in [1.29, 1.82) is 0 Å². The van der Waals surface area contributed by atoms with Gasteiger partial charge in [-0.25, -0.2) is 4.79 Å². The third-order valence-corrected chi connectivity index (χ3v) is 4.87. The second-order valence-electron chi connectivity index (χ2n) is 6.67. The van der Waals surface area contributed by atoms with Crippen LogP contribution in [0, 0.1) is 0 Å². The SMILES string of the molecule is COC(=O)c1cccc2c1CCCN2C(=O)CCc1nc(-c2ccccn2)no1. The Morgan fingerprint density at radius 2 is 2.10 bits per heavy atom. The molecule has 0 unspecified atom stereocenters. The topological polar surface area (TPSA) is 98.4 Å². The van der Waals surface area contributed by atoms with Crippen LogP contribution >= 0.6 is 0 Å². The molecule has 0 saturated carbocycles. The Morgan fingerprint density at radius 3 is 2.90 bits per heavy atom. The summed E-state index contributed by atoms with van der Waals surface area (Å²) in [4.78, 5) is 35.1. The molecule has 0 bridgehead atoms. The standard InChI is InChI=1S/C21H20N4O4/c1-28-21(27)15-6-4-9-17-14(15)7-5-13-25(17)19(26)11-10-18-23-20(24-29-18)16-8-2-3-12-22-16/h2-4,6,8-9,12H,5,7,10-11,13H2,1H3. The van der Waals surface area contributed by atoms with Gasteiger partial charge in [0.15, 0.2) is 0 Å². The maximum absolute atomic E-state index is 12.9. The number of rotatable bonds is 5. The summed E-state index contributed by atoms with van der Waals surface area (Å²) < 4.78 is 10.1. The van der Waals surface area contributed by atoms with Gasteiger partial charge in [-0.1, -0.05) is 17.3 Å². The largest absolute Gasteiger partial charge is 0.465 e. The Bertz CT molecular complexity index is 1030. The number of fused-ring (bicyclic) bond motifs is 1. The molecule has 1 aliphatic heterocycles. The molecule has 1 aliphatic rings. The molecule has 0 saturated heterocycles. The molecule has 3 heterocycles. The van der Waals surface area contributed by atoms with Gasteiger partial charge in [0.05, 0.1) is 12.7 Å². The van der Waals surface area contributed by atoms with Crippen LogP contribution in [0.5, 0.6) is 0 Å². The fraction of sp³-hybridized carbons (Fsp3) is 0.286. The molecule has 4 rings (SSSR count). The number of methoxy groups -OCH3 is 1. The van der Waals surface area contributed by atoms with Crippen LogP contribution in [0.1, 0.15) is 34.7 Å². The average molecular weight is 392 g/mol. The summed E-state index contributed by atoms with van der Waals surface area (Å²) in [5.74, 6) is 0.355. The van der Waals surface area contributed by atoms with Gasteiger partial charge in [-0.3, -0.25) is 9.78 Å². The number of benzene rings is 1. The fourth-order valence-electron chi connectivity index (χ4n) is 3.49. The first-order valence-electron chi connectivity index (χ1n) is 9.42. The van der Waals surface area contributed by atoms with E-state index < -0.39 is 0 Å². The van der Waals surface area contributed by atoms with Crippen molar-refractivity contribution in [1.82, 2.24) is 15.1 Å². The van der Waals surface area contributed by atoms with Crippen molar-refractivity contribution in [2.75, 3.05) is 18.6 Å². The van der Waals surface area contributed by atoms with E-state index in [0.29, 0.717) is 35.9 Å². The zero-order valence-corrected chi connectivity index (χ0v) is 16.0. The minimum Gasteiger partial charge on any atom is -0.465 e. The minimum absolute atomic E-state index is 0.0504. The number of amides is 1. The highest BCUT2D eigenvalue weighted by atomic mass is 16.5. The maximum Gasteiger partial charge on any atom is 0.338 e. The monoisotopic (exact) mass is 392 g/mol. The van der Waals surface area contributed by atoms with Gasteiger partial charge in [-0.15, -0.1) is 0 Å². The maximum atomic E-state index is 12.9. The molecule has 0 aliphatic carbocycles. The minimum atomic E-state index is -0.385. The molecule has 8 nitrogen and oxygen atoms in total. The van der Waals surface area contributed by atoms with E-state index in [-0.39, 0.29) is 18.3 Å². The van der Waals surface area contributed by atoms with Gasteiger partial charge < -0.3 is 14.2 Å². The van der Waals surface area contributed by atoms with E-state index in [1.165, 1.54) is 7.11 Å². The number of pyridine rings is 1. The third-order valence-electron chi connectivity index (χ3n) is 4.87. The number of aromatic nitrogens is 3. The second kappa shape index (κ2) is 8.22. The fourth-order valence-corrected chi connectivity index (χ4v) is 3.49. The van der Waals surface area contributed by atoms with Crippen LogP contribution in [-0.4, -0.2) is 40.7 Å². The van der Waals surface area contributed by atoms with Crippen LogP contribution in [0.15, 0.2) is 47.1 Å². The second-order valence-corrected chi connectivity index (χ2v) is 6.67. The number of esters is 1. The molecule has 0 radical (unpaired) electrons. The smallest absolute Gasteiger partial charge is 0.338 e. The molecule has 1 aromatic carbocycles. The molecule has 3 aromatic rings. The van der Waals surface area contributed by atoms with Gasteiger partial charge in [0.1, 0.15) is 5.69 Å². The molecule has 0 atom stereocenters. The first-order chi connectivity index (χ1) is 14.2. The van der Waals surface area contributed by atoms with Gasteiger partial charge in [-0.2, -0.15) is 4.98 Å². The summed E-state index contributed by atoms with van der Waals surface area (Å²) in [6, 6.07) is 10.8.